The molecule has 1 atom stereocenters. The average Bonchev–Trinajstić information content (AvgIpc) is 2.96. The van der Waals surface area contributed by atoms with E-state index in [0.29, 0.717) is 6.04 Å². The van der Waals surface area contributed by atoms with Crippen molar-refractivity contribution in [1.82, 2.24) is 10.2 Å². The SMILES string of the molecule is CCCCN(CC1CCCN1)C(=O)c1ccccc1C. The van der Waals surface area contributed by atoms with Crippen LogP contribution in [-0.4, -0.2) is 36.5 Å². The summed E-state index contributed by atoms with van der Waals surface area (Å²) in [6.07, 6.45) is 4.61. The van der Waals surface area contributed by atoms with Crippen LogP contribution in [0, 0.1) is 6.92 Å². The monoisotopic (exact) mass is 274 g/mol. The Morgan fingerprint density at radius 2 is 2.20 bits per heavy atom. The minimum atomic E-state index is 0.185. The Kier molecular flexibility index (Phi) is 5.60. The van der Waals surface area contributed by atoms with E-state index in [-0.39, 0.29) is 5.91 Å². The maximum atomic E-state index is 12.8. The van der Waals surface area contributed by atoms with Crippen LogP contribution in [0.1, 0.15) is 48.5 Å². The van der Waals surface area contributed by atoms with Gasteiger partial charge in [0, 0.05) is 24.7 Å². The van der Waals surface area contributed by atoms with Gasteiger partial charge in [-0.05, 0) is 44.4 Å². The first-order valence-electron chi connectivity index (χ1n) is 7.80. The molecule has 1 fully saturated rings. The lowest BCUT2D eigenvalue weighted by Crippen LogP contribution is -2.41. The number of rotatable bonds is 6. The van der Waals surface area contributed by atoms with Crippen molar-refractivity contribution >= 4 is 5.91 Å². The number of hydrogen-bond acceptors (Lipinski definition) is 2. The van der Waals surface area contributed by atoms with Crippen LogP contribution < -0.4 is 5.32 Å². The molecule has 1 aliphatic rings. The first-order chi connectivity index (χ1) is 9.72. The van der Waals surface area contributed by atoms with E-state index in [9.17, 15) is 4.79 Å². The van der Waals surface area contributed by atoms with Gasteiger partial charge >= 0.3 is 0 Å². The summed E-state index contributed by atoms with van der Waals surface area (Å²) in [5, 5.41) is 3.49. The molecule has 1 saturated heterocycles. The molecule has 2 rings (SSSR count). The number of nitrogens with zero attached hydrogens (tertiary/aromatic N) is 1. The van der Waals surface area contributed by atoms with E-state index in [2.05, 4.69) is 12.2 Å². The van der Waals surface area contributed by atoms with Gasteiger partial charge in [0.25, 0.3) is 5.91 Å². The number of carbonyl (C=O) groups excluding carboxylic acids is 1. The molecule has 0 radical (unpaired) electrons. The van der Waals surface area contributed by atoms with Crippen LogP contribution in [0.25, 0.3) is 0 Å². The van der Waals surface area contributed by atoms with Crippen LogP contribution in [0.15, 0.2) is 24.3 Å². The van der Waals surface area contributed by atoms with E-state index in [0.717, 1.165) is 43.6 Å². The standard InChI is InChI=1S/C17H26N2O/c1-3-4-12-19(13-15-9-7-11-18-15)17(20)16-10-6-5-8-14(16)2/h5-6,8,10,15,18H,3-4,7,9,11-13H2,1-2H3. The highest BCUT2D eigenvalue weighted by molar-refractivity contribution is 5.95. The van der Waals surface area contributed by atoms with Crippen LogP contribution >= 0.6 is 0 Å². The van der Waals surface area contributed by atoms with Crippen molar-refractivity contribution in [3.63, 3.8) is 0 Å². The third-order valence-electron chi connectivity index (χ3n) is 4.05. The van der Waals surface area contributed by atoms with Crippen molar-refractivity contribution in [1.29, 1.82) is 0 Å². The molecule has 0 bridgehead atoms. The molecule has 3 nitrogen and oxygen atoms in total. The summed E-state index contributed by atoms with van der Waals surface area (Å²) in [6, 6.07) is 8.37. The summed E-state index contributed by atoms with van der Waals surface area (Å²) in [6.45, 7) is 6.98. The van der Waals surface area contributed by atoms with Gasteiger partial charge in [-0.15, -0.1) is 0 Å². The molecular formula is C17H26N2O. The molecule has 1 aromatic carbocycles. The molecule has 0 aliphatic carbocycles. The summed E-state index contributed by atoms with van der Waals surface area (Å²) >= 11 is 0. The number of aryl methyl sites for hydroxylation is 1. The fraction of sp³-hybridized carbons (Fsp3) is 0.588. The van der Waals surface area contributed by atoms with Gasteiger partial charge in [0.2, 0.25) is 0 Å². The van der Waals surface area contributed by atoms with Crippen molar-refractivity contribution in [2.75, 3.05) is 19.6 Å². The summed E-state index contributed by atoms with van der Waals surface area (Å²) in [4.78, 5) is 14.8. The number of hydrogen-bond donors (Lipinski definition) is 1. The Labute approximate surface area is 122 Å². The highest BCUT2D eigenvalue weighted by Crippen LogP contribution is 2.14. The normalized spacial score (nSPS) is 18.2. The maximum absolute atomic E-state index is 12.8. The zero-order valence-corrected chi connectivity index (χ0v) is 12.7. The van der Waals surface area contributed by atoms with Crippen LogP contribution in [0.3, 0.4) is 0 Å². The summed E-state index contributed by atoms with van der Waals surface area (Å²) in [5.74, 6) is 0.185. The fourth-order valence-corrected chi connectivity index (χ4v) is 2.79. The van der Waals surface area contributed by atoms with E-state index >= 15 is 0 Å². The molecule has 0 aromatic heterocycles. The second kappa shape index (κ2) is 7.44. The van der Waals surface area contributed by atoms with Crippen LogP contribution in [0.5, 0.6) is 0 Å². The van der Waals surface area contributed by atoms with E-state index in [1.54, 1.807) is 0 Å². The first kappa shape index (κ1) is 15.0. The summed E-state index contributed by atoms with van der Waals surface area (Å²) < 4.78 is 0. The highest BCUT2D eigenvalue weighted by Gasteiger charge is 2.22. The smallest absolute Gasteiger partial charge is 0.254 e. The van der Waals surface area contributed by atoms with Gasteiger partial charge in [0.15, 0.2) is 0 Å². The number of amides is 1. The van der Waals surface area contributed by atoms with Crippen molar-refractivity contribution in [3.05, 3.63) is 35.4 Å². The van der Waals surface area contributed by atoms with Crippen LogP contribution in [0.4, 0.5) is 0 Å². The fourth-order valence-electron chi connectivity index (χ4n) is 2.79. The molecule has 3 heteroatoms. The number of nitrogens with one attached hydrogen (secondary N) is 1. The number of unbranched alkanes of at least 4 members (excludes halogenated alkanes) is 1. The van der Waals surface area contributed by atoms with Gasteiger partial charge in [0.1, 0.15) is 0 Å². The molecule has 0 saturated carbocycles. The topological polar surface area (TPSA) is 32.3 Å². The summed E-state index contributed by atoms with van der Waals surface area (Å²) in [7, 11) is 0. The van der Waals surface area contributed by atoms with Crippen LogP contribution in [-0.2, 0) is 0 Å². The zero-order chi connectivity index (χ0) is 14.4. The van der Waals surface area contributed by atoms with Gasteiger partial charge < -0.3 is 10.2 Å². The Morgan fingerprint density at radius 1 is 1.40 bits per heavy atom. The van der Waals surface area contributed by atoms with Crippen molar-refractivity contribution < 1.29 is 4.79 Å². The Morgan fingerprint density at radius 3 is 2.85 bits per heavy atom. The van der Waals surface area contributed by atoms with Gasteiger partial charge in [-0.3, -0.25) is 4.79 Å². The van der Waals surface area contributed by atoms with E-state index < -0.39 is 0 Å². The molecule has 20 heavy (non-hydrogen) atoms. The van der Waals surface area contributed by atoms with E-state index in [4.69, 9.17) is 0 Å². The molecule has 1 amide bonds. The molecule has 1 aliphatic heterocycles. The minimum Gasteiger partial charge on any atom is -0.337 e. The molecular weight excluding hydrogens is 248 g/mol. The average molecular weight is 274 g/mol. The molecule has 110 valence electrons. The largest absolute Gasteiger partial charge is 0.337 e. The highest BCUT2D eigenvalue weighted by atomic mass is 16.2. The molecule has 0 spiro atoms. The third kappa shape index (κ3) is 3.83. The lowest BCUT2D eigenvalue weighted by Gasteiger charge is -2.26. The van der Waals surface area contributed by atoms with Gasteiger partial charge in [-0.25, -0.2) is 0 Å². The first-order valence-corrected chi connectivity index (χ1v) is 7.80. The second-order valence-corrected chi connectivity index (χ2v) is 5.71. The lowest BCUT2D eigenvalue weighted by atomic mass is 10.1. The number of benzene rings is 1. The quantitative estimate of drug-likeness (QED) is 0.865. The predicted octanol–water partition coefficient (Wildman–Crippen LogP) is 2.99. The molecule has 1 aromatic rings. The van der Waals surface area contributed by atoms with Crippen molar-refractivity contribution in [3.8, 4) is 0 Å². The predicted molar refractivity (Wildman–Crippen MR) is 83.0 cm³/mol. The van der Waals surface area contributed by atoms with Crippen molar-refractivity contribution in [2.45, 2.75) is 45.6 Å². The Balaban J connectivity index is 2.08. The summed E-state index contributed by atoms with van der Waals surface area (Å²) in [5.41, 5.74) is 1.92. The van der Waals surface area contributed by atoms with Gasteiger partial charge in [-0.2, -0.15) is 0 Å². The van der Waals surface area contributed by atoms with Gasteiger partial charge in [0.05, 0.1) is 0 Å². The third-order valence-corrected chi connectivity index (χ3v) is 4.05. The second-order valence-electron chi connectivity index (χ2n) is 5.71. The minimum absolute atomic E-state index is 0.185. The lowest BCUT2D eigenvalue weighted by molar-refractivity contribution is 0.0739. The Bertz CT molecular complexity index is 438. The van der Waals surface area contributed by atoms with E-state index in [1.807, 2.05) is 36.1 Å². The van der Waals surface area contributed by atoms with Crippen molar-refractivity contribution in [2.24, 2.45) is 0 Å². The van der Waals surface area contributed by atoms with Crippen LogP contribution in [0.2, 0.25) is 0 Å². The molecule has 1 N–H and O–H groups in total. The van der Waals surface area contributed by atoms with Gasteiger partial charge in [-0.1, -0.05) is 31.5 Å². The molecule has 1 unspecified atom stereocenters. The number of carbonyl (C=O) groups is 1. The Hall–Kier alpha value is -1.35. The zero-order valence-electron chi connectivity index (χ0n) is 12.7. The van der Waals surface area contributed by atoms with E-state index in [1.165, 1.54) is 12.8 Å². The maximum Gasteiger partial charge on any atom is 0.254 e. The molecule has 1 heterocycles.